The summed E-state index contributed by atoms with van der Waals surface area (Å²) in [6, 6.07) is 5.17. The van der Waals surface area contributed by atoms with Crippen LogP contribution in [0, 0.1) is 23.3 Å². The predicted molar refractivity (Wildman–Crippen MR) is 61.3 cm³/mol. The molecule has 0 atom stereocenters. The Morgan fingerprint density at radius 2 is 1.50 bits per heavy atom. The quantitative estimate of drug-likeness (QED) is 0.661. The van der Waals surface area contributed by atoms with Crippen LogP contribution in [-0.2, 0) is 0 Å². The highest BCUT2D eigenvalue weighted by Gasteiger charge is 2.14. The van der Waals surface area contributed by atoms with Gasteiger partial charge in [0.25, 0.3) is 0 Å². The van der Waals surface area contributed by atoms with Crippen molar-refractivity contribution in [2.75, 3.05) is 5.73 Å². The summed E-state index contributed by atoms with van der Waals surface area (Å²) >= 11 is 0.731. The first-order chi connectivity index (χ1) is 8.49. The first kappa shape index (κ1) is 12.8. The van der Waals surface area contributed by atoms with Crippen LogP contribution in [0.1, 0.15) is 0 Å². The van der Waals surface area contributed by atoms with Crippen molar-refractivity contribution in [1.29, 1.82) is 0 Å². The second-order valence-corrected chi connectivity index (χ2v) is 4.54. The first-order valence-electron chi connectivity index (χ1n) is 4.85. The van der Waals surface area contributed by atoms with E-state index in [9.17, 15) is 17.6 Å². The SMILES string of the molecule is Nc1ccc(F)c(F)c1Sc1ccc(F)c(F)c1. The Morgan fingerprint density at radius 1 is 0.833 bits per heavy atom. The Labute approximate surface area is 105 Å². The molecule has 2 N–H and O–H groups in total. The van der Waals surface area contributed by atoms with E-state index in [0.717, 1.165) is 30.0 Å². The van der Waals surface area contributed by atoms with Gasteiger partial charge in [-0.25, -0.2) is 17.6 Å². The van der Waals surface area contributed by atoms with Gasteiger partial charge in [-0.15, -0.1) is 0 Å². The average Bonchev–Trinajstić information content (AvgIpc) is 2.34. The van der Waals surface area contributed by atoms with E-state index < -0.39 is 23.3 Å². The molecular weight excluding hydrogens is 266 g/mol. The summed E-state index contributed by atoms with van der Waals surface area (Å²) in [6.07, 6.45) is 0. The van der Waals surface area contributed by atoms with E-state index in [1.807, 2.05) is 0 Å². The fraction of sp³-hybridized carbons (Fsp3) is 0. The van der Waals surface area contributed by atoms with Crippen LogP contribution in [0.5, 0.6) is 0 Å². The Hall–Kier alpha value is -1.69. The molecule has 1 nitrogen and oxygen atoms in total. The summed E-state index contributed by atoms with van der Waals surface area (Å²) in [5.74, 6) is -4.22. The molecule has 0 spiro atoms. The van der Waals surface area contributed by atoms with E-state index in [0.29, 0.717) is 0 Å². The van der Waals surface area contributed by atoms with Crippen LogP contribution in [-0.4, -0.2) is 0 Å². The molecule has 0 bridgehead atoms. The van der Waals surface area contributed by atoms with Crippen LogP contribution in [0.2, 0.25) is 0 Å². The molecule has 0 fully saturated rings. The Balaban J connectivity index is 2.39. The number of rotatable bonds is 2. The maximum absolute atomic E-state index is 13.5. The topological polar surface area (TPSA) is 26.0 Å². The molecule has 0 saturated heterocycles. The highest BCUT2D eigenvalue weighted by molar-refractivity contribution is 7.99. The third-order valence-corrected chi connectivity index (χ3v) is 3.30. The second-order valence-electron chi connectivity index (χ2n) is 3.46. The van der Waals surface area contributed by atoms with Gasteiger partial charge in [0.05, 0.1) is 4.90 Å². The van der Waals surface area contributed by atoms with E-state index in [1.165, 1.54) is 12.1 Å². The van der Waals surface area contributed by atoms with Gasteiger partial charge >= 0.3 is 0 Å². The number of nitrogen functional groups attached to an aromatic ring is 1. The number of benzene rings is 2. The van der Waals surface area contributed by atoms with E-state index in [4.69, 9.17) is 5.73 Å². The molecule has 2 aromatic carbocycles. The fourth-order valence-electron chi connectivity index (χ4n) is 1.31. The van der Waals surface area contributed by atoms with Gasteiger partial charge in [-0.2, -0.15) is 0 Å². The van der Waals surface area contributed by atoms with Crippen molar-refractivity contribution in [2.24, 2.45) is 0 Å². The molecule has 0 aliphatic heterocycles. The minimum Gasteiger partial charge on any atom is -0.398 e. The van der Waals surface area contributed by atoms with Crippen LogP contribution in [0.3, 0.4) is 0 Å². The summed E-state index contributed by atoms with van der Waals surface area (Å²) in [6.45, 7) is 0. The zero-order valence-electron chi connectivity index (χ0n) is 8.88. The molecule has 0 heterocycles. The van der Waals surface area contributed by atoms with Gasteiger partial charge < -0.3 is 5.73 Å². The first-order valence-corrected chi connectivity index (χ1v) is 5.67. The average molecular weight is 273 g/mol. The standard InChI is InChI=1S/C12H7F4NS/c13-7-2-1-6(5-9(7)15)18-12-10(17)4-3-8(14)11(12)16/h1-5H,17H2. The van der Waals surface area contributed by atoms with Crippen LogP contribution < -0.4 is 5.73 Å². The molecule has 0 amide bonds. The Morgan fingerprint density at radius 3 is 2.17 bits per heavy atom. The third kappa shape index (κ3) is 2.43. The number of anilines is 1. The smallest absolute Gasteiger partial charge is 0.174 e. The van der Waals surface area contributed by atoms with Crippen LogP contribution in [0.4, 0.5) is 23.2 Å². The predicted octanol–water partition coefficient (Wildman–Crippen LogP) is 3.98. The highest BCUT2D eigenvalue weighted by Crippen LogP contribution is 2.35. The Kier molecular flexibility index (Phi) is 3.47. The van der Waals surface area contributed by atoms with Gasteiger partial charge in [0.15, 0.2) is 23.3 Å². The summed E-state index contributed by atoms with van der Waals surface area (Å²) in [4.78, 5) is 0.0751. The van der Waals surface area contributed by atoms with Crippen molar-refractivity contribution >= 4 is 17.4 Å². The van der Waals surface area contributed by atoms with Crippen molar-refractivity contribution in [3.63, 3.8) is 0 Å². The molecule has 0 aliphatic carbocycles. The molecule has 0 saturated carbocycles. The van der Waals surface area contributed by atoms with Gasteiger partial charge in [-0.1, -0.05) is 11.8 Å². The number of halogens is 4. The largest absolute Gasteiger partial charge is 0.398 e. The van der Waals surface area contributed by atoms with Crippen LogP contribution in [0.15, 0.2) is 40.1 Å². The molecule has 2 rings (SSSR count). The lowest BCUT2D eigenvalue weighted by atomic mass is 10.3. The molecular formula is C12H7F4NS. The van der Waals surface area contributed by atoms with Crippen molar-refractivity contribution in [1.82, 2.24) is 0 Å². The third-order valence-electron chi connectivity index (χ3n) is 2.19. The second kappa shape index (κ2) is 4.89. The molecule has 6 heteroatoms. The fourth-order valence-corrected chi connectivity index (χ4v) is 2.22. The van der Waals surface area contributed by atoms with E-state index in [-0.39, 0.29) is 15.5 Å². The number of nitrogens with two attached hydrogens (primary N) is 1. The van der Waals surface area contributed by atoms with Crippen molar-refractivity contribution in [2.45, 2.75) is 9.79 Å². The minimum atomic E-state index is -1.11. The normalized spacial score (nSPS) is 10.7. The molecule has 0 unspecified atom stereocenters. The summed E-state index contributed by atoms with van der Waals surface area (Å²) in [7, 11) is 0. The van der Waals surface area contributed by atoms with E-state index >= 15 is 0 Å². The molecule has 0 aliphatic rings. The maximum Gasteiger partial charge on any atom is 0.174 e. The monoisotopic (exact) mass is 273 g/mol. The van der Waals surface area contributed by atoms with Gasteiger partial charge in [-0.05, 0) is 30.3 Å². The molecule has 2 aromatic rings. The lowest BCUT2D eigenvalue weighted by molar-refractivity contribution is 0.492. The summed E-state index contributed by atoms with van der Waals surface area (Å²) < 4.78 is 52.2. The molecule has 94 valence electrons. The molecule has 18 heavy (non-hydrogen) atoms. The highest BCUT2D eigenvalue weighted by atomic mass is 32.2. The summed E-state index contributed by atoms with van der Waals surface area (Å²) in [5, 5.41) is 0. The molecule has 0 aromatic heterocycles. The zero-order valence-corrected chi connectivity index (χ0v) is 9.70. The van der Waals surface area contributed by atoms with E-state index in [2.05, 4.69) is 0 Å². The van der Waals surface area contributed by atoms with Crippen molar-refractivity contribution in [3.8, 4) is 0 Å². The lowest BCUT2D eigenvalue weighted by Gasteiger charge is -2.07. The van der Waals surface area contributed by atoms with Gasteiger partial charge in [0, 0.05) is 10.6 Å². The summed E-state index contributed by atoms with van der Waals surface area (Å²) in [5.41, 5.74) is 5.54. The minimum absolute atomic E-state index is 0.0311. The van der Waals surface area contributed by atoms with Crippen molar-refractivity contribution < 1.29 is 17.6 Å². The zero-order chi connectivity index (χ0) is 13.3. The number of hydrogen-bond donors (Lipinski definition) is 1. The van der Waals surface area contributed by atoms with Gasteiger partial charge in [0.1, 0.15) is 0 Å². The van der Waals surface area contributed by atoms with Gasteiger partial charge in [-0.3, -0.25) is 0 Å². The van der Waals surface area contributed by atoms with Crippen LogP contribution >= 0.6 is 11.8 Å². The van der Waals surface area contributed by atoms with Crippen LogP contribution in [0.25, 0.3) is 0 Å². The lowest BCUT2D eigenvalue weighted by Crippen LogP contribution is -1.95. The molecule has 0 radical (unpaired) electrons. The maximum atomic E-state index is 13.5. The van der Waals surface area contributed by atoms with Gasteiger partial charge in [0.2, 0.25) is 0 Å². The Bertz CT molecular complexity index is 601. The van der Waals surface area contributed by atoms with E-state index in [1.54, 1.807) is 0 Å². The number of hydrogen-bond acceptors (Lipinski definition) is 2. The van der Waals surface area contributed by atoms with Crippen molar-refractivity contribution in [3.05, 3.63) is 53.6 Å².